The lowest BCUT2D eigenvalue weighted by Gasteiger charge is -2.13. The monoisotopic (exact) mass is 287 g/mol. The fraction of sp³-hybridized carbons (Fsp3) is 0.300. The van der Waals surface area contributed by atoms with Crippen molar-refractivity contribution in [3.63, 3.8) is 0 Å². The minimum absolute atomic E-state index is 0.0187. The predicted molar refractivity (Wildman–Crippen MR) is 56.5 cm³/mol. The zero-order chi connectivity index (χ0) is 11.9. The fourth-order valence-corrected chi connectivity index (χ4v) is 2.02. The van der Waals surface area contributed by atoms with Gasteiger partial charge in [-0.3, -0.25) is 0 Å². The maximum atomic E-state index is 13.2. The molecule has 4 nitrogen and oxygen atoms in total. The number of isocyanates is 1. The summed E-state index contributed by atoms with van der Waals surface area (Å²) in [6.07, 6.45) is 2.55. The highest BCUT2D eigenvalue weighted by Gasteiger charge is 2.47. The van der Waals surface area contributed by atoms with Crippen LogP contribution in [0.25, 0.3) is 0 Å². The molecule has 1 aromatic rings. The van der Waals surface area contributed by atoms with Gasteiger partial charge in [0.05, 0.1) is 4.47 Å². The van der Waals surface area contributed by atoms with Crippen LogP contribution in [0.4, 0.5) is 4.39 Å². The maximum Gasteiger partial charge on any atom is 0.235 e. The minimum Gasteiger partial charge on any atom is -0.504 e. The van der Waals surface area contributed by atoms with Gasteiger partial charge in [-0.1, -0.05) is 0 Å². The van der Waals surface area contributed by atoms with Crippen LogP contribution in [0.2, 0.25) is 0 Å². The summed E-state index contributed by atoms with van der Waals surface area (Å²) in [5.74, 6) is -2.35. The third-order valence-electron chi connectivity index (χ3n) is 2.65. The number of aliphatic imine (C=N–C) groups is 1. The molecule has 6 heteroatoms. The van der Waals surface area contributed by atoms with Crippen LogP contribution in [0, 0.1) is 5.82 Å². The Morgan fingerprint density at radius 1 is 1.44 bits per heavy atom. The van der Waals surface area contributed by atoms with E-state index in [1.54, 1.807) is 0 Å². The first kappa shape index (κ1) is 11.1. The molecule has 1 aromatic carbocycles. The standard InChI is InChI=1S/C10H7BrFNO3/c11-6-3-5(8(15)9(16)7(6)12)10(1-2-10)13-4-14/h3,15-16H,1-2H2. The molecule has 0 atom stereocenters. The second kappa shape index (κ2) is 3.57. The third-order valence-corrected chi connectivity index (χ3v) is 3.23. The molecule has 2 rings (SSSR count). The van der Waals surface area contributed by atoms with Crippen LogP contribution >= 0.6 is 15.9 Å². The van der Waals surface area contributed by atoms with E-state index in [0.717, 1.165) is 0 Å². The fourth-order valence-electron chi connectivity index (χ4n) is 1.60. The van der Waals surface area contributed by atoms with Crippen molar-refractivity contribution >= 4 is 22.0 Å². The van der Waals surface area contributed by atoms with Crippen molar-refractivity contribution in [2.45, 2.75) is 18.4 Å². The SMILES string of the molecule is O=C=NC1(c2cc(Br)c(F)c(O)c2O)CC1. The zero-order valence-corrected chi connectivity index (χ0v) is 9.58. The highest BCUT2D eigenvalue weighted by molar-refractivity contribution is 9.10. The number of aromatic hydroxyl groups is 2. The van der Waals surface area contributed by atoms with Crippen LogP contribution in [0.15, 0.2) is 15.5 Å². The van der Waals surface area contributed by atoms with Crippen LogP contribution in [-0.4, -0.2) is 16.3 Å². The lowest BCUT2D eigenvalue weighted by Crippen LogP contribution is -2.03. The van der Waals surface area contributed by atoms with E-state index >= 15 is 0 Å². The molecule has 0 aromatic heterocycles. The highest BCUT2D eigenvalue weighted by Crippen LogP contribution is 2.54. The van der Waals surface area contributed by atoms with Gasteiger partial charge in [-0.25, -0.2) is 9.18 Å². The molecule has 0 heterocycles. The second-order valence-electron chi connectivity index (χ2n) is 3.65. The summed E-state index contributed by atoms with van der Waals surface area (Å²) in [4.78, 5) is 13.9. The summed E-state index contributed by atoms with van der Waals surface area (Å²) in [7, 11) is 0. The number of phenolic OH excluding ortho intramolecular Hbond substituents is 2. The average molecular weight is 288 g/mol. The molecule has 0 bridgehead atoms. The summed E-state index contributed by atoms with van der Waals surface area (Å²) < 4.78 is 13.2. The molecule has 2 N–H and O–H groups in total. The largest absolute Gasteiger partial charge is 0.504 e. The van der Waals surface area contributed by atoms with Gasteiger partial charge in [-0.2, -0.15) is 4.99 Å². The normalized spacial score (nSPS) is 16.6. The molecule has 84 valence electrons. The summed E-state index contributed by atoms with van der Waals surface area (Å²) in [6.45, 7) is 0. The Bertz CT molecular complexity index is 507. The highest BCUT2D eigenvalue weighted by atomic mass is 79.9. The number of carbonyl (C=O) groups excluding carboxylic acids is 1. The summed E-state index contributed by atoms with van der Waals surface area (Å²) in [5, 5.41) is 18.9. The van der Waals surface area contributed by atoms with Gasteiger partial charge < -0.3 is 10.2 Å². The van der Waals surface area contributed by atoms with Gasteiger partial charge in [0.2, 0.25) is 6.08 Å². The van der Waals surface area contributed by atoms with Gasteiger partial charge in [-0.15, -0.1) is 0 Å². The zero-order valence-electron chi connectivity index (χ0n) is 8.00. The van der Waals surface area contributed by atoms with Crippen molar-refractivity contribution < 1.29 is 19.4 Å². The summed E-state index contributed by atoms with van der Waals surface area (Å²) >= 11 is 2.92. The Hall–Kier alpha value is -1.39. The van der Waals surface area contributed by atoms with E-state index in [9.17, 15) is 19.4 Å². The third kappa shape index (κ3) is 1.50. The smallest absolute Gasteiger partial charge is 0.235 e. The Kier molecular flexibility index (Phi) is 2.48. The van der Waals surface area contributed by atoms with Crippen LogP contribution < -0.4 is 0 Å². The second-order valence-corrected chi connectivity index (χ2v) is 4.51. The van der Waals surface area contributed by atoms with Crippen molar-refractivity contribution in [3.8, 4) is 11.5 Å². The number of benzene rings is 1. The Balaban J connectivity index is 2.63. The van der Waals surface area contributed by atoms with Crippen molar-refractivity contribution in [3.05, 3.63) is 21.9 Å². The van der Waals surface area contributed by atoms with Crippen LogP contribution in [0.5, 0.6) is 11.5 Å². The molecule has 0 saturated heterocycles. The van der Waals surface area contributed by atoms with Crippen molar-refractivity contribution in [1.82, 2.24) is 0 Å². The number of hydrogen-bond donors (Lipinski definition) is 2. The summed E-state index contributed by atoms with van der Waals surface area (Å²) in [5.41, 5.74) is -0.610. The molecule has 0 amide bonds. The quantitative estimate of drug-likeness (QED) is 0.498. The van der Waals surface area contributed by atoms with Crippen LogP contribution in [0.3, 0.4) is 0 Å². The van der Waals surface area contributed by atoms with Gasteiger partial charge in [-0.05, 0) is 34.8 Å². The van der Waals surface area contributed by atoms with Gasteiger partial charge in [0, 0.05) is 5.56 Å². The first-order chi connectivity index (χ1) is 7.52. The Morgan fingerprint density at radius 3 is 2.56 bits per heavy atom. The van der Waals surface area contributed by atoms with E-state index in [1.807, 2.05) is 0 Å². The van der Waals surface area contributed by atoms with E-state index in [2.05, 4.69) is 20.9 Å². The van der Waals surface area contributed by atoms with Crippen LogP contribution in [-0.2, 0) is 10.3 Å². The van der Waals surface area contributed by atoms with Gasteiger partial charge in [0.15, 0.2) is 17.3 Å². The predicted octanol–water partition coefficient (Wildman–Crippen LogP) is 2.32. The molecule has 1 aliphatic carbocycles. The van der Waals surface area contributed by atoms with E-state index in [1.165, 1.54) is 12.1 Å². The van der Waals surface area contributed by atoms with E-state index in [0.29, 0.717) is 12.8 Å². The van der Waals surface area contributed by atoms with Gasteiger partial charge in [0.1, 0.15) is 5.54 Å². The number of nitrogens with zero attached hydrogens (tertiary/aromatic N) is 1. The Labute approximate surface area is 98.6 Å². The first-order valence-electron chi connectivity index (χ1n) is 4.51. The molecule has 0 spiro atoms. The number of rotatable bonds is 2. The number of hydrogen-bond acceptors (Lipinski definition) is 4. The van der Waals surface area contributed by atoms with E-state index in [-0.39, 0.29) is 10.0 Å². The lowest BCUT2D eigenvalue weighted by molar-refractivity contribution is 0.370. The first-order valence-corrected chi connectivity index (χ1v) is 5.30. The molecule has 1 saturated carbocycles. The molecule has 16 heavy (non-hydrogen) atoms. The molecule has 0 unspecified atom stereocenters. The topological polar surface area (TPSA) is 69.9 Å². The molecular formula is C10H7BrFNO3. The maximum absolute atomic E-state index is 13.2. The number of phenols is 2. The Morgan fingerprint density at radius 2 is 2.06 bits per heavy atom. The summed E-state index contributed by atoms with van der Waals surface area (Å²) in [6, 6.07) is 1.32. The number of halogens is 2. The van der Waals surface area contributed by atoms with E-state index < -0.39 is 22.9 Å². The molecule has 1 fully saturated rings. The minimum atomic E-state index is -0.938. The van der Waals surface area contributed by atoms with E-state index in [4.69, 9.17) is 0 Å². The van der Waals surface area contributed by atoms with Crippen molar-refractivity contribution in [2.75, 3.05) is 0 Å². The van der Waals surface area contributed by atoms with Crippen molar-refractivity contribution in [2.24, 2.45) is 4.99 Å². The molecule has 0 radical (unpaired) electrons. The lowest BCUT2D eigenvalue weighted by atomic mass is 10.0. The average Bonchev–Trinajstić information content (AvgIpc) is 3.02. The van der Waals surface area contributed by atoms with Gasteiger partial charge in [0.25, 0.3) is 0 Å². The van der Waals surface area contributed by atoms with Crippen molar-refractivity contribution in [1.29, 1.82) is 0 Å². The molecular weight excluding hydrogens is 281 g/mol. The molecule has 1 aliphatic rings. The molecule has 0 aliphatic heterocycles. The van der Waals surface area contributed by atoms with Crippen LogP contribution in [0.1, 0.15) is 18.4 Å². The van der Waals surface area contributed by atoms with Gasteiger partial charge >= 0.3 is 0 Å².